The summed E-state index contributed by atoms with van der Waals surface area (Å²) in [5.41, 5.74) is 7.08. The minimum Gasteiger partial charge on any atom is -0.466 e. The first-order valence-electron chi connectivity index (χ1n) is 5.82. The third-order valence-electron chi connectivity index (χ3n) is 2.64. The van der Waals surface area contributed by atoms with E-state index >= 15 is 0 Å². The number of aryl methyl sites for hydroxylation is 1. The number of carbonyl (C=O) groups is 1. The van der Waals surface area contributed by atoms with E-state index in [1.54, 1.807) is 19.9 Å². The zero-order valence-corrected chi connectivity index (χ0v) is 11.3. The lowest BCUT2D eigenvalue weighted by Gasteiger charge is -2.14. The van der Waals surface area contributed by atoms with E-state index in [2.05, 4.69) is 0 Å². The normalized spacial score (nSPS) is 12.3. The molecule has 0 aliphatic rings. The molecule has 0 heterocycles. The number of esters is 1. The number of halogens is 2. The van der Waals surface area contributed by atoms with Crippen LogP contribution in [-0.4, -0.2) is 12.6 Å². The van der Waals surface area contributed by atoms with E-state index in [-0.39, 0.29) is 23.2 Å². The Kier molecular flexibility index (Phi) is 5.56. The van der Waals surface area contributed by atoms with Crippen molar-refractivity contribution < 1.29 is 13.9 Å². The van der Waals surface area contributed by atoms with Crippen LogP contribution in [0.1, 0.15) is 36.9 Å². The Labute approximate surface area is 111 Å². The van der Waals surface area contributed by atoms with Crippen molar-refractivity contribution in [3.05, 3.63) is 34.1 Å². The Morgan fingerprint density at radius 2 is 2.22 bits per heavy atom. The molecule has 18 heavy (non-hydrogen) atoms. The first kappa shape index (κ1) is 14.9. The van der Waals surface area contributed by atoms with Crippen molar-refractivity contribution in [2.45, 2.75) is 32.7 Å². The molecule has 0 aliphatic carbocycles. The lowest BCUT2D eigenvalue weighted by Crippen LogP contribution is -2.14. The highest BCUT2D eigenvalue weighted by molar-refractivity contribution is 6.31. The summed E-state index contributed by atoms with van der Waals surface area (Å²) in [4.78, 5) is 11.2. The maximum absolute atomic E-state index is 13.2. The van der Waals surface area contributed by atoms with Crippen molar-refractivity contribution in [1.82, 2.24) is 0 Å². The molecule has 0 aromatic heterocycles. The fourth-order valence-electron chi connectivity index (χ4n) is 1.63. The molecule has 0 aliphatic heterocycles. The second-order valence-electron chi connectivity index (χ2n) is 4.07. The van der Waals surface area contributed by atoms with Crippen molar-refractivity contribution in [3.63, 3.8) is 0 Å². The lowest BCUT2D eigenvalue weighted by atomic mass is 10.0. The summed E-state index contributed by atoms with van der Waals surface area (Å²) in [6.07, 6.45) is 0.644. The highest BCUT2D eigenvalue weighted by Crippen LogP contribution is 2.27. The van der Waals surface area contributed by atoms with Crippen LogP contribution in [0, 0.1) is 12.7 Å². The van der Waals surface area contributed by atoms with Crippen LogP contribution in [0.15, 0.2) is 12.1 Å². The van der Waals surface area contributed by atoms with Crippen molar-refractivity contribution in [1.29, 1.82) is 0 Å². The van der Waals surface area contributed by atoms with E-state index < -0.39 is 6.04 Å². The van der Waals surface area contributed by atoms with Gasteiger partial charge < -0.3 is 10.5 Å². The standard InChI is InChI=1S/C13H17ClFNO2/c1-3-18-13(17)5-4-12(16)9-6-8(2)11(15)7-10(9)14/h6-7,12H,3-5,16H2,1-2H3. The molecule has 2 N–H and O–H groups in total. The molecule has 3 nitrogen and oxygen atoms in total. The van der Waals surface area contributed by atoms with Gasteiger partial charge in [-0.2, -0.15) is 0 Å². The molecular formula is C13H17ClFNO2. The summed E-state index contributed by atoms with van der Waals surface area (Å²) < 4.78 is 18.1. The average Bonchev–Trinajstić information content (AvgIpc) is 2.31. The Morgan fingerprint density at radius 1 is 1.56 bits per heavy atom. The van der Waals surface area contributed by atoms with Crippen molar-refractivity contribution in [3.8, 4) is 0 Å². The zero-order chi connectivity index (χ0) is 13.7. The van der Waals surface area contributed by atoms with Gasteiger partial charge in [0, 0.05) is 17.5 Å². The topological polar surface area (TPSA) is 52.3 Å². The molecule has 1 aromatic rings. The van der Waals surface area contributed by atoms with Gasteiger partial charge in [0.05, 0.1) is 6.61 Å². The van der Waals surface area contributed by atoms with Crippen molar-refractivity contribution in [2.75, 3.05) is 6.61 Å². The Bertz CT molecular complexity index is 437. The van der Waals surface area contributed by atoms with Crippen LogP contribution in [-0.2, 0) is 9.53 Å². The molecule has 0 radical (unpaired) electrons. The highest BCUT2D eigenvalue weighted by atomic mass is 35.5. The summed E-state index contributed by atoms with van der Waals surface area (Å²) in [6.45, 7) is 3.75. The second-order valence-corrected chi connectivity index (χ2v) is 4.48. The first-order chi connectivity index (χ1) is 8.45. The summed E-state index contributed by atoms with van der Waals surface area (Å²) in [6, 6.07) is 2.46. The fourth-order valence-corrected chi connectivity index (χ4v) is 1.92. The van der Waals surface area contributed by atoms with E-state index in [9.17, 15) is 9.18 Å². The van der Waals surface area contributed by atoms with Gasteiger partial charge >= 0.3 is 5.97 Å². The monoisotopic (exact) mass is 273 g/mol. The number of carbonyl (C=O) groups excluding carboxylic acids is 1. The molecule has 0 amide bonds. The van der Waals surface area contributed by atoms with Gasteiger partial charge in [-0.3, -0.25) is 4.79 Å². The zero-order valence-electron chi connectivity index (χ0n) is 10.5. The molecule has 1 unspecified atom stereocenters. The Balaban J connectivity index is 2.69. The van der Waals surface area contributed by atoms with Crippen molar-refractivity contribution in [2.24, 2.45) is 5.73 Å². The van der Waals surface area contributed by atoms with Gasteiger partial charge in [0.2, 0.25) is 0 Å². The predicted octanol–water partition coefficient (Wildman–Crippen LogP) is 3.13. The van der Waals surface area contributed by atoms with Crippen LogP contribution in [0.4, 0.5) is 4.39 Å². The SMILES string of the molecule is CCOC(=O)CCC(N)c1cc(C)c(F)cc1Cl. The van der Waals surface area contributed by atoms with Gasteiger partial charge in [0.25, 0.3) is 0 Å². The van der Waals surface area contributed by atoms with E-state index in [4.69, 9.17) is 22.1 Å². The van der Waals surface area contributed by atoms with Crippen LogP contribution in [0.3, 0.4) is 0 Å². The third-order valence-corrected chi connectivity index (χ3v) is 2.97. The van der Waals surface area contributed by atoms with E-state index in [0.29, 0.717) is 24.2 Å². The molecule has 0 fully saturated rings. The quantitative estimate of drug-likeness (QED) is 0.839. The number of rotatable bonds is 5. The minimum atomic E-state index is -0.402. The van der Waals surface area contributed by atoms with E-state index in [0.717, 1.165) is 0 Å². The Morgan fingerprint density at radius 3 is 2.83 bits per heavy atom. The summed E-state index contributed by atoms with van der Waals surface area (Å²) >= 11 is 5.94. The molecule has 0 saturated heterocycles. The first-order valence-corrected chi connectivity index (χ1v) is 6.20. The smallest absolute Gasteiger partial charge is 0.305 e. The average molecular weight is 274 g/mol. The van der Waals surface area contributed by atoms with Crippen LogP contribution < -0.4 is 5.73 Å². The maximum atomic E-state index is 13.2. The van der Waals surface area contributed by atoms with Crippen LogP contribution in [0.25, 0.3) is 0 Å². The summed E-state index contributed by atoms with van der Waals surface area (Å²) in [5, 5.41) is 0.287. The number of hydrogen-bond acceptors (Lipinski definition) is 3. The third kappa shape index (κ3) is 3.96. The lowest BCUT2D eigenvalue weighted by molar-refractivity contribution is -0.143. The van der Waals surface area contributed by atoms with Crippen LogP contribution >= 0.6 is 11.6 Å². The van der Waals surface area contributed by atoms with Gasteiger partial charge in [-0.05, 0) is 37.5 Å². The molecule has 0 bridgehead atoms. The van der Waals surface area contributed by atoms with Crippen LogP contribution in [0.5, 0.6) is 0 Å². The number of ether oxygens (including phenoxy) is 1. The molecule has 100 valence electrons. The second kappa shape index (κ2) is 6.71. The summed E-state index contributed by atoms with van der Waals surface area (Å²) in [5.74, 6) is -0.649. The highest BCUT2D eigenvalue weighted by Gasteiger charge is 2.14. The molecule has 1 aromatic carbocycles. The molecular weight excluding hydrogens is 257 g/mol. The maximum Gasteiger partial charge on any atom is 0.305 e. The molecule has 1 atom stereocenters. The number of nitrogens with two attached hydrogens (primary N) is 1. The van der Waals surface area contributed by atoms with Gasteiger partial charge in [0.1, 0.15) is 5.82 Å². The van der Waals surface area contributed by atoms with E-state index in [1.165, 1.54) is 6.07 Å². The molecule has 1 rings (SSSR count). The van der Waals surface area contributed by atoms with Crippen molar-refractivity contribution >= 4 is 17.6 Å². The number of benzene rings is 1. The summed E-state index contributed by atoms with van der Waals surface area (Å²) in [7, 11) is 0. The predicted molar refractivity (Wildman–Crippen MR) is 68.9 cm³/mol. The molecule has 5 heteroatoms. The molecule has 0 saturated carbocycles. The molecule has 0 spiro atoms. The van der Waals surface area contributed by atoms with Gasteiger partial charge in [-0.1, -0.05) is 17.7 Å². The largest absolute Gasteiger partial charge is 0.466 e. The van der Waals surface area contributed by atoms with E-state index in [1.807, 2.05) is 0 Å². The van der Waals surface area contributed by atoms with Gasteiger partial charge in [-0.25, -0.2) is 4.39 Å². The fraction of sp³-hybridized carbons (Fsp3) is 0.462. The van der Waals surface area contributed by atoms with Gasteiger partial charge in [-0.15, -0.1) is 0 Å². The number of hydrogen-bond donors (Lipinski definition) is 1. The van der Waals surface area contributed by atoms with Gasteiger partial charge in [0.15, 0.2) is 0 Å². The van der Waals surface area contributed by atoms with Crippen LogP contribution in [0.2, 0.25) is 5.02 Å². The Hall–Kier alpha value is -1.13. The minimum absolute atomic E-state index is 0.224.